The summed E-state index contributed by atoms with van der Waals surface area (Å²) in [4.78, 5) is 12.1. The van der Waals surface area contributed by atoms with E-state index in [-0.39, 0.29) is 11.3 Å². The Morgan fingerprint density at radius 1 is 1.29 bits per heavy atom. The molecular formula is C15H20F2N2O2. The summed E-state index contributed by atoms with van der Waals surface area (Å²) in [5.41, 5.74) is 5.94. The third-order valence-corrected chi connectivity index (χ3v) is 3.80. The average Bonchev–Trinajstić information content (AvgIpc) is 2.46. The van der Waals surface area contributed by atoms with Gasteiger partial charge in [-0.1, -0.05) is 31.4 Å². The summed E-state index contributed by atoms with van der Waals surface area (Å²) in [6.07, 6.45) is 5.00. The summed E-state index contributed by atoms with van der Waals surface area (Å²) < 4.78 is 29.0. The van der Waals surface area contributed by atoms with Gasteiger partial charge >= 0.3 is 6.61 Å². The number of halogens is 2. The van der Waals surface area contributed by atoms with Crippen LogP contribution in [-0.2, 0) is 0 Å². The first-order valence-electron chi connectivity index (χ1n) is 7.11. The number of para-hydroxylation sites is 1. The molecule has 1 aromatic carbocycles. The van der Waals surface area contributed by atoms with E-state index in [4.69, 9.17) is 5.73 Å². The molecule has 6 heteroatoms. The molecule has 1 amide bonds. The van der Waals surface area contributed by atoms with Gasteiger partial charge in [-0.3, -0.25) is 4.79 Å². The van der Waals surface area contributed by atoms with Crippen molar-refractivity contribution in [1.29, 1.82) is 0 Å². The molecule has 116 valence electrons. The third-order valence-electron chi connectivity index (χ3n) is 3.80. The number of hydrogen-bond acceptors (Lipinski definition) is 3. The number of hydrogen-bond donors (Lipinski definition) is 2. The van der Waals surface area contributed by atoms with Gasteiger partial charge in [-0.05, 0) is 25.0 Å². The average molecular weight is 298 g/mol. The van der Waals surface area contributed by atoms with Crippen molar-refractivity contribution in [2.24, 2.45) is 5.73 Å². The molecule has 1 aromatic rings. The molecule has 2 rings (SSSR count). The molecule has 21 heavy (non-hydrogen) atoms. The molecule has 1 aliphatic rings. The van der Waals surface area contributed by atoms with Gasteiger partial charge in [0.1, 0.15) is 5.75 Å². The van der Waals surface area contributed by atoms with Gasteiger partial charge in [-0.15, -0.1) is 0 Å². The molecule has 0 saturated heterocycles. The van der Waals surface area contributed by atoms with Crippen LogP contribution >= 0.6 is 0 Å². The normalized spacial score (nSPS) is 17.5. The number of rotatable bonds is 5. The zero-order chi connectivity index (χ0) is 15.3. The molecular weight excluding hydrogens is 278 g/mol. The first-order valence-corrected chi connectivity index (χ1v) is 7.11. The van der Waals surface area contributed by atoms with Crippen LogP contribution in [0.1, 0.15) is 42.5 Å². The second-order valence-corrected chi connectivity index (χ2v) is 5.48. The number of carbonyl (C=O) groups excluding carboxylic acids is 1. The van der Waals surface area contributed by atoms with Crippen LogP contribution in [0.2, 0.25) is 0 Å². The number of alkyl halides is 2. The maximum atomic E-state index is 12.3. The van der Waals surface area contributed by atoms with Crippen molar-refractivity contribution in [2.45, 2.75) is 44.3 Å². The van der Waals surface area contributed by atoms with Gasteiger partial charge in [-0.25, -0.2) is 0 Å². The van der Waals surface area contributed by atoms with Gasteiger partial charge in [-0.2, -0.15) is 8.78 Å². The lowest BCUT2D eigenvalue weighted by molar-refractivity contribution is -0.0501. The lowest BCUT2D eigenvalue weighted by Gasteiger charge is -2.33. The highest BCUT2D eigenvalue weighted by Crippen LogP contribution is 2.25. The Balaban J connectivity index is 2.00. The molecule has 3 N–H and O–H groups in total. The van der Waals surface area contributed by atoms with E-state index in [2.05, 4.69) is 10.1 Å². The maximum absolute atomic E-state index is 12.3. The molecule has 0 radical (unpaired) electrons. The van der Waals surface area contributed by atoms with E-state index in [9.17, 15) is 13.6 Å². The fourth-order valence-electron chi connectivity index (χ4n) is 2.64. The quantitative estimate of drug-likeness (QED) is 0.878. The summed E-state index contributed by atoms with van der Waals surface area (Å²) >= 11 is 0. The highest BCUT2D eigenvalue weighted by atomic mass is 19.3. The van der Waals surface area contributed by atoms with Crippen molar-refractivity contribution in [2.75, 3.05) is 6.54 Å². The predicted octanol–water partition coefficient (Wildman–Crippen LogP) is 2.68. The fourth-order valence-corrected chi connectivity index (χ4v) is 2.64. The number of amides is 1. The minimum atomic E-state index is -2.96. The Labute approximate surface area is 122 Å². The van der Waals surface area contributed by atoms with Gasteiger partial charge in [0.15, 0.2) is 0 Å². The summed E-state index contributed by atoms with van der Waals surface area (Å²) in [7, 11) is 0. The van der Waals surface area contributed by atoms with E-state index in [1.165, 1.54) is 12.1 Å². The van der Waals surface area contributed by atoms with Gasteiger partial charge in [0.05, 0.1) is 5.56 Å². The number of benzene rings is 1. The second-order valence-electron chi connectivity index (χ2n) is 5.48. The minimum absolute atomic E-state index is 0.0946. The Bertz CT molecular complexity index is 488. The fraction of sp³-hybridized carbons (Fsp3) is 0.533. The number of nitrogens with two attached hydrogens (primary N) is 1. The molecule has 0 atom stereocenters. The van der Waals surface area contributed by atoms with Crippen LogP contribution in [0.5, 0.6) is 5.75 Å². The van der Waals surface area contributed by atoms with Gasteiger partial charge in [0, 0.05) is 12.1 Å². The highest BCUT2D eigenvalue weighted by Gasteiger charge is 2.28. The van der Waals surface area contributed by atoms with Crippen LogP contribution < -0.4 is 15.8 Å². The molecule has 0 bridgehead atoms. The molecule has 0 aromatic heterocycles. The van der Waals surface area contributed by atoms with E-state index in [0.717, 1.165) is 32.1 Å². The van der Waals surface area contributed by atoms with Crippen LogP contribution in [0.15, 0.2) is 24.3 Å². The SMILES string of the molecule is NC1(CNC(=O)c2ccccc2OC(F)F)CCCCC1. The molecule has 0 spiro atoms. The predicted molar refractivity (Wildman–Crippen MR) is 75.4 cm³/mol. The first-order chi connectivity index (χ1) is 10.0. The Morgan fingerprint density at radius 2 is 1.95 bits per heavy atom. The van der Waals surface area contributed by atoms with Crippen LogP contribution in [0, 0.1) is 0 Å². The lowest BCUT2D eigenvalue weighted by atomic mass is 9.82. The molecule has 4 nitrogen and oxygen atoms in total. The molecule has 1 fully saturated rings. The molecule has 0 aliphatic heterocycles. The monoisotopic (exact) mass is 298 g/mol. The van der Waals surface area contributed by atoms with E-state index in [1.54, 1.807) is 12.1 Å². The number of carbonyl (C=O) groups is 1. The van der Waals surface area contributed by atoms with E-state index in [1.807, 2.05) is 0 Å². The Morgan fingerprint density at radius 3 is 2.62 bits per heavy atom. The molecule has 1 aliphatic carbocycles. The van der Waals surface area contributed by atoms with E-state index >= 15 is 0 Å². The molecule has 0 unspecified atom stereocenters. The first kappa shape index (κ1) is 15.7. The van der Waals surface area contributed by atoms with Crippen LogP contribution in [0.4, 0.5) is 8.78 Å². The van der Waals surface area contributed by atoms with E-state index in [0.29, 0.717) is 6.54 Å². The van der Waals surface area contributed by atoms with Crippen molar-refractivity contribution in [3.63, 3.8) is 0 Å². The van der Waals surface area contributed by atoms with Gasteiger partial charge < -0.3 is 15.8 Å². The zero-order valence-electron chi connectivity index (χ0n) is 11.8. The summed E-state index contributed by atoms with van der Waals surface area (Å²) in [6.45, 7) is -2.62. The largest absolute Gasteiger partial charge is 0.434 e. The zero-order valence-corrected chi connectivity index (χ0v) is 11.8. The maximum Gasteiger partial charge on any atom is 0.387 e. The summed E-state index contributed by atoms with van der Waals surface area (Å²) in [5, 5.41) is 2.73. The Hall–Kier alpha value is -1.69. The van der Waals surface area contributed by atoms with Crippen molar-refractivity contribution in [3.8, 4) is 5.75 Å². The van der Waals surface area contributed by atoms with Crippen molar-refractivity contribution in [3.05, 3.63) is 29.8 Å². The van der Waals surface area contributed by atoms with Crippen LogP contribution in [-0.4, -0.2) is 24.6 Å². The Kier molecular flexibility index (Phi) is 5.12. The minimum Gasteiger partial charge on any atom is -0.434 e. The van der Waals surface area contributed by atoms with E-state index < -0.39 is 18.1 Å². The van der Waals surface area contributed by atoms with Crippen molar-refractivity contribution in [1.82, 2.24) is 5.32 Å². The number of ether oxygens (including phenoxy) is 1. The lowest BCUT2D eigenvalue weighted by Crippen LogP contribution is -2.51. The summed E-state index contributed by atoms with van der Waals surface area (Å²) in [5.74, 6) is -0.568. The van der Waals surface area contributed by atoms with Crippen LogP contribution in [0.3, 0.4) is 0 Å². The van der Waals surface area contributed by atoms with Crippen molar-refractivity contribution < 1.29 is 18.3 Å². The summed E-state index contributed by atoms with van der Waals surface area (Å²) in [6, 6.07) is 5.95. The number of nitrogens with one attached hydrogen (secondary N) is 1. The smallest absolute Gasteiger partial charge is 0.387 e. The molecule has 0 heterocycles. The van der Waals surface area contributed by atoms with Crippen LogP contribution in [0.25, 0.3) is 0 Å². The van der Waals surface area contributed by atoms with Gasteiger partial charge in [0.2, 0.25) is 0 Å². The van der Waals surface area contributed by atoms with Crippen molar-refractivity contribution >= 4 is 5.91 Å². The highest BCUT2D eigenvalue weighted by molar-refractivity contribution is 5.96. The molecule has 1 saturated carbocycles. The third kappa shape index (κ3) is 4.39. The topological polar surface area (TPSA) is 64.3 Å². The van der Waals surface area contributed by atoms with Gasteiger partial charge in [0.25, 0.3) is 5.91 Å². The standard InChI is InChI=1S/C15H20F2N2O2/c16-14(17)21-12-7-3-2-6-11(12)13(20)19-10-15(18)8-4-1-5-9-15/h2-3,6-7,14H,1,4-5,8-10,18H2,(H,19,20). The second kappa shape index (κ2) is 6.85.